The van der Waals surface area contributed by atoms with Crippen molar-refractivity contribution in [3.05, 3.63) is 83.7 Å². The summed E-state index contributed by atoms with van der Waals surface area (Å²) < 4.78 is 5.14. The monoisotopic (exact) mass is 389 g/mol. The molecule has 0 radical (unpaired) electrons. The molecular formula is C21H19N5O3. The zero-order valence-electron chi connectivity index (χ0n) is 15.8. The van der Waals surface area contributed by atoms with Gasteiger partial charge in [-0.1, -0.05) is 17.3 Å². The van der Waals surface area contributed by atoms with Crippen LogP contribution in [0.1, 0.15) is 39.8 Å². The average Bonchev–Trinajstić information content (AvgIpc) is 3.29. The van der Waals surface area contributed by atoms with Crippen LogP contribution in [0.3, 0.4) is 0 Å². The molecule has 1 unspecified atom stereocenters. The van der Waals surface area contributed by atoms with E-state index in [1.165, 1.54) is 0 Å². The first-order chi connectivity index (χ1) is 14.2. The van der Waals surface area contributed by atoms with Crippen LogP contribution < -0.4 is 10.1 Å². The van der Waals surface area contributed by atoms with Crippen LogP contribution in [0.2, 0.25) is 0 Å². The Labute approximate surface area is 167 Å². The fourth-order valence-electron chi connectivity index (χ4n) is 2.93. The molecule has 0 fully saturated rings. The number of hydrogen-bond donors (Lipinski definition) is 1. The lowest BCUT2D eigenvalue weighted by Gasteiger charge is -2.07. The molecule has 8 heteroatoms. The van der Waals surface area contributed by atoms with E-state index >= 15 is 0 Å². The Morgan fingerprint density at radius 2 is 2.03 bits per heavy atom. The molecule has 1 N–H and O–H groups in total. The zero-order chi connectivity index (χ0) is 20.1. The summed E-state index contributed by atoms with van der Waals surface area (Å²) in [5.41, 5.74) is 3.54. The van der Waals surface area contributed by atoms with Gasteiger partial charge in [-0.25, -0.2) is 0 Å². The normalized spacial score (nSPS) is 15.3. The number of methoxy groups -OCH3 is 1. The summed E-state index contributed by atoms with van der Waals surface area (Å²) in [7, 11) is 1.62. The van der Waals surface area contributed by atoms with E-state index in [0.29, 0.717) is 18.7 Å². The summed E-state index contributed by atoms with van der Waals surface area (Å²) in [5, 5.41) is 7.03. The van der Waals surface area contributed by atoms with E-state index in [0.717, 1.165) is 28.3 Å². The number of ether oxygens (including phenoxy) is 1. The average molecular weight is 389 g/mol. The Balaban J connectivity index is 1.40. The number of carbonyl (C=O) groups excluding carboxylic acids is 1. The highest BCUT2D eigenvalue weighted by molar-refractivity contribution is 6.03. The van der Waals surface area contributed by atoms with Gasteiger partial charge in [0.2, 0.25) is 0 Å². The Kier molecular flexibility index (Phi) is 5.42. The van der Waals surface area contributed by atoms with Gasteiger partial charge in [0.15, 0.2) is 6.10 Å². The Bertz CT molecular complexity index is 1020. The summed E-state index contributed by atoms with van der Waals surface area (Å²) in [6, 6.07) is 11.0. The molecule has 2 aromatic heterocycles. The summed E-state index contributed by atoms with van der Waals surface area (Å²) in [6.07, 6.45) is 6.76. The van der Waals surface area contributed by atoms with Crippen LogP contribution in [0.15, 0.2) is 66.3 Å². The standard InChI is InChI=1S/C21H19N5O3/c1-28-16-4-2-14(3-5-16)12-25-21(27)18-10-15(6-7-23-18)17-11-20(29-26-17)19-13-22-8-9-24-19/h2-10,13,20H,11-12H2,1H3,(H,25,27). The number of nitrogens with zero attached hydrogens (tertiary/aromatic N) is 4. The number of hydrogen-bond acceptors (Lipinski definition) is 7. The van der Waals surface area contributed by atoms with Crippen LogP contribution in [-0.2, 0) is 11.4 Å². The van der Waals surface area contributed by atoms with Gasteiger partial charge < -0.3 is 14.9 Å². The lowest BCUT2D eigenvalue weighted by molar-refractivity contribution is 0.0823. The summed E-state index contributed by atoms with van der Waals surface area (Å²) in [4.78, 5) is 30.5. The molecule has 146 valence electrons. The van der Waals surface area contributed by atoms with Crippen molar-refractivity contribution in [2.45, 2.75) is 19.1 Å². The van der Waals surface area contributed by atoms with E-state index < -0.39 is 0 Å². The van der Waals surface area contributed by atoms with Crippen molar-refractivity contribution in [3.8, 4) is 5.75 Å². The lowest BCUT2D eigenvalue weighted by Crippen LogP contribution is -2.24. The van der Waals surface area contributed by atoms with Crippen molar-refractivity contribution in [2.24, 2.45) is 5.16 Å². The fourth-order valence-corrected chi connectivity index (χ4v) is 2.93. The van der Waals surface area contributed by atoms with E-state index in [1.54, 1.807) is 38.0 Å². The molecule has 0 aliphatic carbocycles. The van der Waals surface area contributed by atoms with Crippen LogP contribution >= 0.6 is 0 Å². The third kappa shape index (κ3) is 4.37. The van der Waals surface area contributed by atoms with Crippen LogP contribution in [0.25, 0.3) is 0 Å². The molecule has 8 nitrogen and oxygen atoms in total. The number of rotatable bonds is 6. The number of pyridine rings is 1. The molecule has 1 atom stereocenters. The topological polar surface area (TPSA) is 98.6 Å². The van der Waals surface area contributed by atoms with Crippen LogP contribution in [0.5, 0.6) is 5.75 Å². The first-order valence-electron chi connectivity index (χ1n) is 9.09. The minimum Gasteiger partial charge on any atom is -0.497 e. The number of carbonyl (C=O) groups is 1. The number of aromatic nitrogens is 3. The molecule has 0 spiro atoms. The fraction of sp³-hybridized carbons (Fsp3) is 0.190. The minimum absolute atomic E-state index is 0.257. The van der Waals surface area contributed by atoms with E-state index in [9.17, 15) is 4.79 Å². The molecule has 1 aliphatic rings. The maximum atomic E-state index is 12.5. The van der Waals surface area contributed by atoms with Gasteiger partial charge >= 0.3 is 0 Å². The van der Waals surface area contributed by atoms with Gasteiger partial charge in [0.1, 0.15) is 17.1 Å². The largest absolute Gasteiger partial charge is 0.497 e. The highest BCUT2D eigenvalue weighted by atomic mass is 16.6. The number of nitrogens with one attached hydrogen (secondary N) is 1. The maximum absolute atomic E-state index is 12.5. The van der Waals surface area contributed by atoms with Gasteiger partial charge in [-0.2, -0.15) is 0 Å². The summed E-state index contributed by atoms with van der Waals surface area (Å²) in [5.74, 6) is 0.515. The second-order valence-corrected chi connectivity index (χ2v) is 6.43. The summed E-state index contributed by atoms with van der Waals surface area (Å²) in [6.45, 7) is 0.396. The molecule has 1 aromatic carbocycles. The van der Waals surface area contributed by atoms with Gasteiger partial charge in [0.25, 0.3) is 5.91 Å². The molecule has 0 saturated heterocycles. The third-order valence-electron chi connectivity index (χ3n) is 4.52. The van der Waals surface area contributed by atoms with Crippen molar-refractivity contribution in [1.29, 1.82) is 0 Å². The van der Waals surface area contributed by atoms with Gasteiger partial charge in [0, 0.05) is 37.1 Å². The molecule has 3 aromatic rings. The molecular weight excluding hydrogens is 370 g/mol. The highest BCUT2D eigenvalue weighted by Gasteiger charge is 2.25. The number of oxime groups is 1. The molecule has 29 heavy (non-hydrogen) atoms. The van der Waals surface area contributed by atoms with Crippen molar-refractivity contribution in [1.82, 2.24) is 20.3 Å². The first-order valence-corrected chi connectivity index (χ1v) is 9.09. The van der Waals surface area contributed by atoms with E-state index in [-0.39, 0.29) is 12.0 Å². The zero-order valence-corrected chi connectivity index (χ0v) is 15.8. The molecule has 3 heterocycles. The maximum Gasteiger partial charge on any atom is 0.270 e. The summed E-state index contributed by atoms with van der Waals surface area (Å²) >= 11 is 0. The smallest absolute Gasteiger partial charge is 0.270 e. The van der Waals surface area contributed by atoms with Crippen LogP contribution in [-0.4, -0.2) is 33.7 Å². The van der Waals surface area contributed by atoms with Crippen LogP contribution in [0, 0.1) is 0 Å². The Hall–Kier alpha value is -3.81. The SMILES string of the molecule is COc1ccc(CNC(=O)c2cc(C3=NOC(c4cnccn4)C3)ccn2)cc1. The first kappa shape index (κ1) is 18.5. The van der Waals surface area contributed by atoms with E-state index in [1.807, 2.05) is 30.3 Å². The molecule has 0 bridgehead atoms. The third-order valence-corrected chi connectivity index (χ3v) is 4.52. The second kappa shape index (κ2) is 8.47. The molecule has 1 aliphatic heterocycles. The van der Waals surface area contributed by atoms with Crippen molar-refractivity contribution in [2.75, 3.05) is 7.11 Å². The van der Waals surface area contributed by atoms with Gasteiger partial charge in [0.05, 0.1) is 19.0 Å². The van der Waals surface area contributed by atoms with Gasteiger partial charge in [-0.15, -0.1) is 0 Å². The van der Waals surface area contributed by atoms with E-state index in [4.69, 9.17) is 9.57 Å². The Morgan fingerprint density at radius 3 is 2.79 bits per heavy atom. The molecule has 4 rings (SSSR count). The minimum atomic E-state index is -0.279. The molecule has 1 amide bonds. The molecule has 0 saturated carbocycles. The Morgan fingerprint density at radius 1 is 1.17 bits per heavy atom. The van der Waals surface area contributed by atoms with E-state index in [2.05, 4.69) is 25.4 Å². The lowest BCUT2D eigenvalue weighted by atomic mass is 10.0. The second-order valence-electron chi connectivity index (χ2n) is 6.43. The number of benzene rings is 1. The van der Waals surface area contributed by atoms with Crippen molar-refractivity contribution in [3.63, 3.8) is 0 Å². The predicted octanol–water partition coefficient (Wildman–Crippen LogP) is 2.68. The van der Waals surface area contributed by atoms with Gasteiger partial charge in [-0.05, 0) is 29.8 Å². The van der Waals surface area contributed by atoms with Crippen molar-refractivity contribution < 1.29 is 14.4 Å². The quantitative estimate of drug-likeness (QED) is 0.696. The highest BCUT2D eigenvalue weighted by Crippen LogP contribution is 2.27. The van der Waals surface area contributed by atoms with Crippen LogP contribution in [0.4, 0.5) is 0 Å². The van der Waals surface area contributed by atoms with Gasteiger partial charge in [-0.3, -0.25) is 19.7 Å². The number of amides is 1. The van der Waals surface area contributed by atoms with Crippen molar-refractivity contribution >= 4 is 11.6 Å². The predicted molar refractivity (Wildman–Crippen MR) is 105 cm³/mol.